The molecule has 128 valence electrons. The van der Waals surface area contributed by atoms with E-state index in [4.69, 9.17) is 5.11 Å². The van der Waals surface area contributed by atoms with E-state index in [1.54, 1.807) is 7.05 Å². The van der Waals surface area contributed by atoms with Crippen molar-refractivity contribution in [1.29, 1.82) is 0 Å². The zero-order valence-corrected chi connectivity index (χ0v) is 14.7. The Bertz CT molecular complexity index is 828. The zero-order valence-electron chi connectivity index (χ0n) is 13.9. The Kier molecular flexibility index (Phi) is 5.41. The summed E-state index contributed by atoms with van der Waals surface area (Å²) in [5, 5.41) is 8.91. The fourth-order valence-electron chi connectivity index (χ4n) is 2.46. The molecule has 0 saturated heterocycles. The van der Waals surface area contributed by atoms with Crippen LogP contribution in [-0.4, -0.2) is 36.9 Å². The number of aryl methyl sites for hydroxylation is 1. The Balaban J connectivity index is 2.21. The number of likely N-dealkylation sites (N-methyl/N-ethyl adjacent to an activating group) is 1. The van der Waals surface area contributed by atoms with Crippen LogP contribution in [0.15, 0.2) is 53.4 Å². The van der Waals surface area contributed by atoms with Crippen LogP contribution in [0.3, 0.4) is 0 Å². The molecule has 2 aromatic rings. The van der Waals surface area contributed by atoms with Gasteiger partial charge in [-0.25, -0.2) is 13.2 Å². The summed E-state index contributed by atoms with van der Waals surface area (Å²) in [6.45, 7) is 3.86. The fraction of sp³-hybridized carbons (Fsp3) is 0.278. The SMILES string of the molecule is Cc1ccccc1CC(C)N(C)S(=O)(=O)c1ccc(C(=O)O)cc1. The molecule has 6 heteroatoms. The number of benzene rings is 2. The molecule has 0 radical (unpaired) electrons. The highest BCUT2D eigenvalue weighted by Gasteiger charge is 2.25. The number of hydrogen-bond donors (Lipinski definition) is 1. The van der Waals surface area contributed by atoms with Crippen LogP contribution >= 0.6 is 0 Å². The smallest absolute Gasteiger partial charge is 0.335 e. The summed E-state index contributed by atoms with van der Waals surface area (Å²) >= 11 is 0. The van der Waals surface area contributed by atoms with Crippen LogP contribution in [0.1, 0.15) is 28.4 Å². The van der Waals surface area contributed by atoms with E-state index in [-0.39, 0.29) is 16.5 Å². The van der Waals surface area contributed by atoms with Crippen molar-refractivity contribution in [1.82, 2.24) is 4.31 Å². The number of hydrogen-bond acceptors (Lipinski definition) is 3. The number of carboxylic acids is 1. The third-order valence-corrected chi connectivity index (χ3v) is 6.16. The molecule has 0 amide bonds. The van der Waals surface area contributed by atoms with Gasteiger partial charge >= 0.3 is 5.97 Å². The van der Waals surface area contributed by atoms with Gasteiger partial charge in [0.05, 0.1) is 10.5 Å². The number of rotatable bonds is 6. The predicted molar refractivity (Wildman–Crippen MR) is 92.7 cm³/mol. The third kappa shape index (κ3) is 3.83. The molecule has 5 nitrogen and oxygen atoms in total. The summed E-state index contributed by atoms with van der Waals surface area (Å²) < 4.78 is 26.7. The lowest BCUT2D eigenvalue weighted by Gasteiger charge is -2.25. The highest BCUT2D eigenvalue weighted by atomic mass is 32.2. The Morgan fingerprint density at radius 1 is 1.12 bits per heavy atom. The molecule has 0 aliphatic carbocycles. The lowest BCUT2D eigenvalue weighted by Crippen LogP contribution is -2.36. The normalized spacial score (nSPS) is 13.0. The van der Waals surface area contributed by atoms with Crippen molar-refractivity contribution in [3.63, 3.8) is 0 Å². The number of nitrogens with zero attached hydrogens (tertiary/aromatic N) is 1. The lowest BCUT2D eigenvalue weighted by molar-refractivity contribution is 0.0696. The van der Waals surface area contributed by atoms with Crippen LogP contribution in [0.2, 0.25) is 0 Å². The highest BCUT2D eigenvalue weighted by molar-refractivity contribution is 7.89. The van der Waals surface area contributed by atoms with Crippen molar-refractivity contribution in [2.24, 2.45) is 0 Å². The first kappa shape index (κ1) is 18.2. The summed E-state index contributed by atoms with van der Waals surface area (Å²) in [4.78, 5) is 11.0. The lowest BCUT2D eigenvalue weighted by atomic mass is 10.0. The quantitative estimate of drug-likeness (QED) is 0.872. The van der Waals surface area contributed by atoms with E-state index in [0.29, 0.717) is 6.42 Å². The van der Waals surface area contributed by atoms with Gasteiger partial charge in [-0.3, -0.25) is 0 Å². The Hall–Kier alpha value is -2.18. The second kappa shape index (κ2) is 7.15. The van der Waals surface area contributed by atoms with E-state index in [9.17, 15) is 13.2 Å². The molecular weight excluding hydrogens is 326 g/mol. The standard InChI is InChI=1S/C18H21NO4S/c1-13-6-4-5-7-16(13)12-14(2)19(3)24(22,23)17-10-8-15(9-11-17)18(20)21/h4-11,14H,12H2,1-3H3,(H,20,21). The van der Waals surface area contributed by atoms with Gasteiger partial charge < -0.3 is 5.11 Å². The second-order valence-corrected chi connectivity index (χ2v) is 7.83. The number of sulfonamides is 1. The molecule has 0 aromatic heterocycles. The monoisotopic (exact) mass is 347 g/mol. The third-order valence-electron chi connectivity index (χ3n) is 4.18. The molecule has 0 spiro atoms. The van der Waals surface area contributed by atoms with Gasteiger partial charge in [0.25, 0.3) is 0 Å². The maximum atomic E-state index is 12.7. The summed E-state index contributed by atoms with van der Waals surface area (Å²) in [5.74, 6) is -1.08. The Morgan fingerprint density at radius 2 is 1.71 bits per heavy atom. The van der Waals surface area contributed by atoms with Crippen molar-refractivity contribution in [3.05, 3.63) is 65.2 Å². The molecule has 1 atom stereocenters. The first-order chi connectivity index (χ1) is 11.2. The maximum Gasteiger partial charge on any atom is 0.335 e. The summed E-state index contributed by atoms with van der Waals surface area (Å²) in [5.41, 5.74) is 2.29. The minimum absolute atomic E-state index is 0.0598. The van der Waals surface area contributed by atoms with Gasteiger partial charge in [0.15, 0.2) is 0 Å². The average molecular weight is 347 g/mol. The van der Waals surface area contributed by atoms with Crippen LogP contribution < -0.4 is 0 Å². The minimum Gasteiger partial charge on any atom is -0.478 e. The second-order valence-electron chi connectivity index (χ2n) is 5.83. The summed E-state index contributed by atoms with van der Waals surface area (Å²) in [6, 6.07) is 12.9. The van der Waals surface area contributed by atoms with E-state index in [0.717, 1.165) is 11.1 Å². The molecule has 0 aliphatic heterocycles. The molecule has 1 N–H and O–H groups in total. The van der Waals surface area contributed by atoms with Crippen molar-refractivity contribution in [3.8, 4) is 0 Å². The molecular formula is C18H21NO4S. The highest BCUT2D eigenvalue weighted by Crippen LogP contribution is 2.20. The Morgan fingerprint density at radius 3 is 2.25 bits per heavy atom. The fourth-order valence-corrected chi connectivity index (χ4v) is 3.82. The first-order valence-electron chi connectivity index (χ1n) is 7.59. The Labute approximate surface area is 142 Å². The van der Waals surface area contributed by atoms with Crippen LogP contribution in [0.25, 0.3) is 0 Å². The zero-order chi connectivity index (χ0) is 17.9. The van der Waals surface area contributed by atoms with E-state index in [1.165, 1.54) is 28.6 Å². The van der Waals surface area contributed by atoms with Crippen LogP contribution in [0.5, 0.6) is 0 Å². The van der Waals surface area contributed by atoms with E-state index in [2.05, 4.69) is 0 Å². The molecule has 24 heavy (non-hydrogen) atoms. The molecule has 0 bridgehead atoms. The van der Waals surface area contributed by atoms with Gasteiger partial charge in [-0.1, -0.05) is 24.3 Å². The van der Waals surface area contributed by atoms with Crippen molar-refractivity contribution in [2.45, 2.75) is 31.2 Å². The summed E-state index contributed by atoms with van der Waals surface area (Å²) in [7, 11) is -2.13. The van der Waals surface area contributed by atoms with E-state index < -0.39 is 16.0 Å². The molecule has 0 heterocycles. The van der Waals surface area contributed by atoms with Crippen LogP contribution in [0.4, 0.5) is 0 Å². The van der Waals surface area contributed by atoms with Crippen LogP contribution in [0, 0.1) is 6.92 Å². The first-order valence-corrected chi connectivity index (χ1v) is 9.03. The van der Waals surface area contributed by atoms with Gasteiger partial charge in [-0.15, -0.1) is 0 Å². The molecule has 1 unspecified atom stereocenters. The largest absolute Gasteiger partial charge is 0.478 e. The van der Waals surface area contributed by atoms with Gasteiger partial charge in [-0.05, 0) is 55.7 Å². The van der Waals surface area contributed by atoms with E-state index in [1.807, 2.05) is 38.1 Å². The predicted octanol–water partition coefficient (Wildman–Crippen LogP) is 2.94. The minimum atomic E-state index is -3.67. The summed E-state index contributed by atoms with van der Waals surface area (Å²) in [6.07, 6.45) is 0.607. The molecule has 0 aliphatic rings. The number of carboxylic acid groups (broad SMARTS) is 1. The number of carbonyl (C=O) groups is 1. The average Bonchev–Trinajstić information content (AvgIpc) is 2.56. The van der Waals surface area contributed by atoms with Gasteiger partial charge in [0.2, 0.25) is 10.0 Å². The molecule has 0 saturated carbocycles. The topological polar surface area (TPSA) is 74.7 Å². The number of aromatic carboxylic acids is 1. The van der Waals surface area contributed by atoms with Crippen molar-refractivity contribution < 1.29 is 18.3 Å². The van der Waals surface area contributed by atoms with Gasteiger partial charge in [0.1, 0.15) is 0 Å². The van der Waals surface area contributed by atoms with E-state index >= 15 is 0 Å². The van der Waals surface area contributed by atoms with Crippen molar-refractivity contribution >= 4 is 16.0 Å². The van der Waals surface area contributed by atoms with Crippen molar-refractivity contribution in [2.75, 3.05) is 7.05 Å². The molecule has 2 aromatic carbocycles. The maximum absolute atomic E-state index is 12.7. The molecule has 2 rings (SSSR count). The van der Waals surface area contributed by atoms with Gasteiger partial charge in [-0.2, -0.15) is 4.31 Å². The molecule has 0 fully saturated rings. The van der Waals surface area contributed by atoms with Crippen LogP contribution in [-0.2, 0) is 16.4 Å². The van der Waals surface area contributed by atoms with Gasteiger partial charge in [0, 0.05) is 13.1 Å².